The van der Waals surface area contributed by atoms with Gasteiger partial charge in [0.05, 0.1) is 24.1 Å². The lowest BCUT2D eigenvalue weighted by atomic mass is 10.3. The van der Waals surface area contributed by atoms with E-state index in [1.165, 1.54) is 6.39 Å². The molecule has 0 aliphatic heterocycles. The topological polar surface area (TPSA) is 89.9 Å². The summed E-state index contributed by atoms with van der Waals surface area (Å²) in [7, 11) is 0. The number of nitrogen functional groups attached to an aromatic ring is 1. The van der Waals surface area contributed by atoms with Crippen LogP contribution in [0.25, 0.3) is 0 Å². The molecule has 2 aromatic rings. The van der Waals surface area contributed by atoms with E-state index in [1.807, 2.05) is 0 Å². The molecule has 0 unspecified atom stereocenters. The van der Waals surface area contributed by atoms with E-state index in [9.17, 15) is 0 Å². The van der Waals surface area contributed by atoms with Crippen LogP contribution in [-0.4, -0.2) is 15.1 Å². The molecule has 2 aromatic heterocycles. The zero-order valence-electron chi connectivity index (χ0n) is 7.34. The van der Waals surface area contributed by atoms with E-state index < -0.39 is 0 Å². The summed E-state index contributed by atoms with van der Waals surface area (Å²) in [5.74, 6) is 0.584. The van der Waals surface area contributed by atoms with Gasteiger partial charge in [0.15, 0.2) is 5.82 Å². The van der Waals surface area contributed by atoms with Gasteiger partial charge in [-0.1, -0.05) is 5.16 Å². The summed E-state index contributed by atoms with van der Waals surface area (Å²) in [6, 6.07) is 1.79. The Morgan fingerprint density at radius 1 is 1.50 bits per heavy atom. The van der Waals surface area contributed by atoms with Crippen LogP contribution in [0, 0.1) is 0 Å². The lowest BCUT2D eigenvalue weighted by molar-refractivity contribution is 0.411. The van der Waals surface area contributed by atoms with Gasteiger partial charge in [0.2, 0.25) is 6.39 Å². The molecule has 2 rings (SSSR count). The van der Waals surface area contributed by atoms with Crippen molar-refractivity contribution in [1.82, 2.24) is 15.1 Å². The molecule has 6 nitrogen and oxygen atoms in total. The van der Waals surface area contributed by atoms with Gasteiger partial charge in [-0.05, 0) is 6.07 Å². The molecule has 6 heteroatoms. The van der Waals surface area contributed by atoms with Crippen molar-refractivity contribution in [3.8, 4) is 0 Å². The average Bonchev–Trinajstić information content (AvgIpc) is 2.69. The number of nitrogens with zero attached hydrogens (tertiary/aromatic N) is 3. The normalized spacial score (nSPS) is 10.0. The molecule has 0 amide bonds. The van der Waals surface area contributed by atoms with Crippen molar-refractivity contribution in [1.29, 1.82) is 0 Å². The highest BCUT2D eigenvalue weighted by Crippen LogP contribution is 2.15. The summed E-state index contributed by atoms with van der Waals surface area (Å²) in [5.41, 5.74) is 7.07. The van der Waals surface area contributed by atoms with E-state index in [0.29, 0.717) is 18.1 Å². The highest BCUT2D eigenvalue weighted by Gasteiger charge is 2.00. The summed E-state index contributed by atoms with van der Waals surface area (Å²) in [6.45, 7) is 0.477. The molecule has 2 heterocycles. The number of nitrogens with one attached hydrogen (secondary N) is 1. The van der Waals surface area contributed by atoms with Gasteiger partial charge in [-0.3, -0.25) is 4.98 Å². The number of hydrogen-bond donors (Lipinski definition) is 2. The molecule has 0 fully saturated rings. The fraction of sp³-hybridized carbons (Fsp3) is 0.125. The Bertz CT molecular complexity index is 400. The molecule has 0 bridgehead atoms. The lowest BCUT2D eigenvalue weighted by Gasteiger charge is -2.05. The molecule has 0 atom stereocenters. The van der Waals surface area contributed by atoms with Crippen LogP contribution < -0.4 is 11.1 Å². The zero-order valence-corrected chi connectivity index (χ0v) is 7.34. The summed E-state index contributed by atoms with van der Waals surface area (Å²) in [6.07, 6.45) is 4.53. The van der Waals surface area contributed by atoms with Gasteiger partial charge in [0.1, 0.15) is 0 Å². The van der Waals surface area contributed by atoms with Gasteiger partial charge < -0.3 is 15.6 Å². The minimum Gasteiger partial charge on any atom is -0.396 e. The Balaban J connectivity index is 2.02. The minimum absolute atomic E-state index is 0.477. The fourth-order valence-electron chi connectivity index (χ4n) is 1.01. The van der Waals surface area contributed by atoms with Crippen molar-refractivity contribution in [2.45, 2.75) is 6.54 Å². The molecule has 3 N–H and O–H groups in total. The first-order valence-corrected chi connectivity index (χ1v) is 4.05. The molecule has 0 aromatic carbocycles. The van der Waals surface area contributed by atoms with E-state index in [-0.39, 0.29) is 0 Å². The van der Waals surface area contributed by atoms with Crippen LogP contribution in [0.15, 0.2) is 29.4 Å². The van der Waals surface area contributed by atoms with E-state index in [4.69, 9.17) is 5.73 Å². The number of hydrogen-bond acceptors (Lipinski definition) is 6. The average molecular weight is 191 g/mol. The fourth-order valence-corrected chi connectivity index (χ4v) is 1.01. The summed E-state index contributed by atoms with van der Waals surface area (Å²) in [4.78, 5) is 7.74. The number of rotatable bonds is 3. The minimum atomic E-state index is 0.477. The van der Waals surface area contributed by atoms with Crippen molar-refractivity contribution in [2.24, 2.45) is 0 Å². The second-order valence-electron chi connectivity index (χ2n) is 2.66. The van der Waals surface area contributed by atoms with E-state index in [0.717, 1.165) is 5.69 Å². The van der Waals surface area contributed by atoms with Crippen molar-refractivity contribution in [2.75, 3.05) is 11.1 Å². The monoisotopic (exact) mass is 191 g/mol. The SMILES string of the molecule is Nc1cnccc1NCc1ncon1. The van der Waals surface area contributed by atoms with Crippen molar-refractivity contribution < 1.29 is 4.52 Å². The zero-order chi connectivity index (χ0) is 9.80. The van der Waals surface area contributed by atoms with E-state index >= 15 is 0 Å². The second kappa shape index (κ2) is 3.73. The Morgan fingerprint density at radius 3 is 3.14 bits per heavy atom. The molecule has 0 aliphatic carbocycles. The number of aromatic nitrogens is 3. The van der Waals surface area contributed by atoms with Crippen molar-refractivity contribution >= 4 is 11.4 Å². The third kappa shape index (κ3) is 1.79. The van der Waals surface area contributed by atoms with Gasteiger partial charge in [0.25, 0.3) is 0 Å². The Labute approximate surface area is 80.1 Å². The van der Waals surface area contributed by atoms with Gasteiger partial charge in [-0.15, -0.1) is 0 Å². The molecular formula is C8H9N5O. The molecule has 0 saturated carbocycles. The molecular weight excluding hydrogens is 182 g/mol. The second-order valence-corrected chi connectivity index (χ2v) is 2.66. The maximum atomic E-state index is 5.67. The predicted molar refractivity (Wildman–Crippen MR) is 50.3 cm³/mol. The molecule has 0 spiro atoms. The number of anilines is 2. The van der Waals surface area contributed by atoms with E-state index in [1.54, 1.807) is 18.5 Å². The summed E-state index contributed by atoms with van der Waals surface area (Å²) in [5, 5.41) is 6.72. The third-order valence-corrected chi connectivity index (χ3v) is 1.70. The highest BCUT2D eigenvalue weighted by atomic mass is 16.5. The molecule has 14 heavy (non-hydrogen) atoms. The van der Waals surface area contributed by atoms with E-state index in [2.05, 4.69) is 25.0 Å². The largest absolute Gasteiger partial charge is 0.396 e. The first kappa shape index (κ1) is 8.49. The lowest BCUT2D eigenvalue weighted by Crippen LogP contribution is -2.03. The van der Waals surface area contributed by atoms with Gasteiger partial charge in [-0.25, -0.2) is 0 Å². The van der Waals surface area contributed by atoms with Gasteiger partial charge in [0, 0.05) is 6.20 Å². The quantitative estimate of drug-likeness (QED) is 0.740. The third-order valence-electron chi connectivity index (χ3n) is 1.70. The number of nitrogens with two attached hydrogens (primary N) is 1. The predicted octanol–water partition coefficient (Wildman–Crippen LogP) is 0.659. The van der Waals surface area contributed by atoms with Crippen LogP contribution in [0.3, 0.4) is 0 Å². The van der Waals surface area contributed by atoms with Crippen LogP contribution in [0.1, 0.15) is 5.82 Å². The van der Waals surface area contributed by atoms with Crippen LogP contribution in [0.2, 0.25) is 0 Å². The maximum Gasteiger partial charge on any atom is 0.213 e. The van der Waals surface area contributed by atoms with Crippen LogP contribution in [0.5, 0.6) is 0 Å². The van der Waals surface area contributed by atoms with Crippen molar-refractivity contribution in [3.05, 3.63) is 30.7 Å². The van der Waals surface area contributed by atoms with Crippen molar-refractivity contribution in [3.63, 3.8) is 0 Å². The Hall–Kier alpha value is -2.11. The maximum absolute atomic E-state index is 5.67. The smallest absolute Gasteiger partial charge is 0.213 e. The Morgan fingerprint density at radius 2 is 2.43 bits per heavy atom. The van der Waals surface area contributed by atoms with Gasteiger partial charge >= 0.3 is 0 Å². The van der Waals surface area contributed by atoms with Gasteiger partial charge in [-0.2, -0.15) is 4.98 Å². The summed E-state index contributed by atoms with van der Waals surface area (Å²) < 4.78 is 4.59. The standard InChI is InChI=1S/C8H9N5O/c9-6-3-10-2-1-7(6)11-4-8-12-5-14-13-8/h1-3,5H,4,9H2,(H,10,11). The molecule has 0 radical (unpaired) electrons. The Kier molecular flexibility index (Phi) is 2.26. The first-order valence-electron chi connectivity index (χ1n) is 4.05. The van der Waals surface area contributed by atoms with Crippen LogP contribution in [0.4, 0.5) is 11.4 Å². The molecule has 0 saturated heterocycles. The van der Waals surface area contributed by atoms with Crippen LogP contribution >= 0.6 is 0 Å². The molecule has 72 valence electrons. The van der Waals surface area contributed by atoms with Crippen LogP contribution in [-0.2, 0) is 6.54 Å². The molecule has 0 aliphatic rings. The first-order chi connectivity index (χ1) is 6.86. The highest BCUT2D eigenvalue weighted by molar-refractivity contribution is 5.63. The number of pyridine rings is 1. The summed E-state index contributed by atoms with van der Waals surface area (Å²) >= 11 is 0.